The molecule has 0 saturated carbocycles. The Labute approximate surface area is 113 Å². The summed E-state index contributed by atoms with van der Waals surface area (Å²) in [5.74, 6) is -0.236. The Morgan fingerprint density at radius 2 is 2.20 bits per heavy atom. The molecule has 1 fully saturated rings. The smallest absolute Gasteiger partial charge is 0.242 e. The SMILES string of the molecule is CO[C@@H]1[C@H](O)[C@@H](CO)O[C@H]1n1cnc2c(O)ncnc21. The lowest BCUT2D eigenvalue weighted by molar-refractivity contribution is -0.0583. The Kier molecular flexibility index (Phi) is 3.26. The molecule has 0 bridgehead atoms. The second-order valence-electron chi connectivity index (χ2n) is 4.46. The molecule has 2 aromatic heterocycles. The third-order valence-electron chi connectivity index (χ3n) is 3.38. The first-order valence-electron chi connectivity index (χ1n) is 6.01. The maximum atomic E-state index is 10.0. The number of ether oxygens (including phenoxy) is 2. The zero-order chi connectivity index (χ0) is 14.3. The van der Waals surface area contributed by atoms with Gasteiger partial charge >= 0.3 is 0 Å². The molecule has 9 heteroatoms. The fourth-order valence-corrected chi connectivity index (χ4v) is 2.37. The fraction of sp³-hybridized carbons (Fsp3) is 0.545. The lowest BCUT2D eigenvalue weighted by Crippen LogP contribution is -2.34. The Balaban J connectivity index is 2.04. The van der Waals surface area contributed by atoms with Crippen LogP contribution < -0.4 is 0 Å². The molecule has 9 nitrogen and oxygen atoms in total. The van der Waals surface area contributed by atoms with Crippen molar-refractivity contribution in [1.82, 2.24) is 19.5 Å². The molecule has 0 aliphatic carbocycles. The third kappa shape index (κ3) is 1.83. The van der Waals surface area contributed by atoms with Gasteiger partial charge in [0.15, 0.2) is 17.4 Å². The van der Waals surface area contributed by atoms with E-state index in [-0.39, 0.29) is 18.0 Å². The van der Waals surface area contributed by atoms with Crippen LogP contribution in [-0.2, 0) is 9.47 Å². The lowest BCUT2D eigenvalue weighted by Gasteiger charge is -2.19. The lowest BCUT2D eigenvalue weighted by atomic mass is 10.1. The molecule has 0 radical (unpaired) electrons. The molecule has 1 saturated heterocycles. The fourth-order valence-electron chi connectivity index (χ4n) is 2.37. The average Bonchev–Trinajstić information content (AvgIpc) is 3.00. The van der Waals surface area contributed by atoms with Gasteiger partial charge in [-0.1, -0.05) is 0 Å². The van der Waals surface area contributed by atoms with Gasteiger partial charge in [0, 0.05) is 7.11 Å². The van der Waals surface area contributed by atoms with E-state index in [1.807, 2.05) is 0 Å². The van der Waals surface area contributed by atoms with Crippen molar-refractivity contribution in [3.63, 3.8) is 0 Å². The molecule has 4 atom stereocenters. The molecule has 0 amide bonds. The van der Waals surface area contributed by atoms with E-state index in [9.17, 15) is 15.3 Å². The maximum Gasteiger partial charge on any atom is 0.242 e. The molecule has 3 heterocycles. The van der Waals surface area contributed by atoms with Crippen molar-refractivity contribution in [3.8, 4) is 5.88 Å². The summed E-state index contributed by atoms with van der Waals surface area (Å²) in [5, 5.41) is 28.8. The van der Waals surface area contributed by atoms with Crippen molar-refractivity contribution in [2.45, 2.75) is 24.5 Å². The summed E-state index contributed by atoms with van der Waals surface area (Å²) in [6.45, 7) is -0.329. The predicted octanol–water partition coefficient (Wildman–Crippen LogP) is -1.20. The molecule has 3 rings (SSSR count). The molecule has 1 aliphatic heterocycles. The zero-order valence-electron chi connectivity index (χ0n) is 10.6. The van der Waals surface area contributed by atoms with E-state index in [0.717, 1.165) is 0 Å². The zero-order valence-corrected chi connectivity index (χ0v) is 10.6. The van der Waals surface area contributed by atoms with E-state index in [0.29, 0.717) is 5.65 Å². The van der Waals surface area contributed by atoms with Crippen molar-refractivity contribution < 1.29 is 24.8 Å². The number of nitrogens with zero attached hydrogens (tertiary/aromatic N) is 4. The summed E-state index contributed by atoms with van der Waals surface area (Å²) in [7, 11) is 1.44. The highest BCUT2D eigenvalue weighted by molar-refractivity contribution is 5.75. The monoisotopic (exact) mass is 282 g/mol. The summed E-state index contributed by atoms with van der Waals surface area (Å²) >= 11 is 0. The van der Waals surface area contributed by atoms with Gasteiger partial charge in [0.05, 0.1) is 12.9 Å². The Hall–Kier alpha value is -1.81. The van der Waals surface area contributed by atoms with Crippen molar-refractivity contribution in [1.29, 1.82) is 0 Å². The van der Waals surface area contributed by atoms with Crippen LogP contribution in [0, 0.1) is 0 Å². The van der Waals surface area contributed by atoms with Crippen LogP contribution in [0.3, 0.4) is 0 Å². The molecule has 0 spiro atoms. The number of hydrogen-bond acceptors (Lipinski definition) is 8. The summed E-state index contributed by atoms with van der Waals surface area (Å²) in [6.07, 6.45) is -0.483. The molecule has 3 N–H and O–H groups in total. The van der Waals surface area contributed by atoms with Crippen LogP contribution in [-0.4, -0.2) is 66.9 Å². The van der Waals surface area contributed by atoms with Gasteiger partial charge in [0.1, 0.15) is 24.6 Å². The number of fused-ring (bicyclic) bond motifs is 1. The number of aliphatic hydroxyl groups is 2. The van der Waals surface area contributed by atoms with Crippen LogP contribution in [0.4, 0.5) is 0 Å². The van der Waals surface area contributed by atoms with Crippen molar-refractivity contribution >= 4 is 11.2 Å². The molecule has 1 aliphatic rings. The first-order valence-corrected chi connectivity index (χ1v) is 6.01. The number of aliphatic hydroxyl groups excluding tert-OH is 2. The van der Waals surface area contributed by atoms with Gasteiger partial charge in [-0.25, -0.2) is 9.97 Å². The van der Waals surface area contributed by atoms with Crippen LogP contribution >= 0.6 is 0 Å². The minimum Gasteiger partial charge on any atom is -0.492 e. The maximum absolute atomic E-state index is 10.0. The average molecular weight is 282 g/mol. The molecule has 108 valence electrons. The Bertz CT molecular complexity index is 618. The summed E-state index contributed by atoms with van der Waals surface area (Å²) < 4.78 is 12.3. The molecular formula is C11H14N4O5. The van der Waals surface area contributed by atoms with E-state index in [1.54, 1.807) is 0 Å². The first-order chi connectivity index (χ1) is 9.67. The van der Waals surface area contributed by atoms with Gasteiger partial charge in [-0.05, 0) is 0 Å². The quantitative estimate of drug-likeness (QED) is 0.641. The normalized spacial score (nSPS) is 30.1. The second-order valence-corrected chi connectivity index (χ2v) is 4.46. The number of aromatic hydroxyl groups is 1. The van der Waals surface area contributed by atoms with Gasteiger partial charge in [0.25, 0.3) is 0 Å². The largest absolute Gasteiger partial charge is 0.492 e. The van der Waals surface area contributed by atoms with Crippen LogP contribution in [0.5, 0.6) is 5.88 Å². The molecule has 0 aromatic carbocycles. The van der Waals surface area contributed by atoms with Gasteiger partial charge in [-0.3, -0.25) is 4.57 Å². The van der Waals surface area contributed by atoms with Gasteiger partial charge in [-0.2, -0.15) is 4.98 Å². The molecule has 20 heavy (non-hydrogen) atoms. The highest BCUT2D eigenvalue weighted by atomic mass is 16.6. The standard InChI is InChI=1S/C11H14N4O5/c1-19-8-7(17)5(2-16)20-11(8)15-4-14-6-9(15)12-3-13-10(6)18/h3-5,7-8,11,16-17H,2H2,1H3,(H,12,13,18)/t5-,7-,8-,11-/m1/s1. The van der Waals surface area contributed by atoms with Crippen molar-refractivity contribution in [3.05, 3.63) is 12.7 Å². The highest BCUT2D eigenvalue weighted by Crippen LogP contribution is 2.33. The van der Waals surface area contributed by atoms with Crippen LogP contribution in [0.25, 0.3) is 11.2 Å². The van der Waals surface area contributed by atoms with Crippen LogP contribution in [0.2, 0.25) is 0 Å². The van der Waals surface area contributed by atoms with Crippen LogP contribution in [0.1, 0.15) is 6.23 Å². The minimum absolute atomic E-state index is 0.230. The first kappa shape index (κ1) is 13.2. The highest BCUT2D eigenvalue weighted by Gasteiger charge is 2.45. The second kappa shape index (κ2) is 4.94. The minimum atomic E-state index is -0.970. The number of imidazole rings is 1. The van der Waals surface area contributed by atoms with E-state index in [2.05, 4.69) is 15.0 Å². The third-order valence-corrected chi connectivity index (χ3v) is 3.38. The van der Waals surface area contributed by atoms with Crippen LogP contribution in [0.15, 0.2) is 12.7 Å². The molecule has 2 aromatic rings. The Morgan fingerprint density at radius 3 is 2.90 bits per heavy atom. The van der Waals surface area contributed by atoms with Crippen molar-refractivity contribution in [2.75, 3.05) is 13.7 Å². The Morgan fingerprint density at radius 1 is 1.40 bits per heavy atom. The number of hydrogen-bond donors (Lipinski definition) is 3. The number of methoxy groups -OCH3 is 1. The molecular weight excluding hydrogens is 268 g/mol. The number of rotatable bonds is 3. The molecule has 0 unspecified atom stereocenters. The van der Waals surface area contributed by atoms with Gasteiger partial charge in [-0.15, -0.1) is 0 Å². The predicted molar refractivity (Wildman–Crippen MR) is 64.8 cm³/mol. The number of aromatic nitrogens is 4. The summed E-state index contributed by atoms with van der Waals surface area (Å²) in [4.78, 5) is 11.7. The summed E-state index contributed by atoms with van der Waals surface area (Å²) in [6, 6.07) is 0. The van der Waals surface area contributed by atoms with E-state index < -0.39 is 24.5 Å². The summed E-state index contributed by atoms with van der Waals surface area (Å²) in [5.41, 5.74) is 0.586. The van der Waals surface area contributed by atoms with Gasteiger partial charge in [0.2, 0.25) is 5.88 Å². The topological polar surface area (TPSA) is 123 Å². The van der Waals surface area contributed by atoms with E-state index >= 15 is 0 Å². The van der Waals surface area contributed by atoms with Gasteiger partial charge < -0.3 is 24.8 Å². The van der Waals surface area contributed by atoms with E-state index in [1.165, 1.54) is 24.3 Å². The van der Waals surface area contributed by atoms with Crippen molar-refractivity contribution in [2.24, 2.45) is 0 Å². The van der Waals surface area contributed by atoms with E-state index in [4.69, 9.17) is 9.47 Å².